The maximum atomic E-state index is 11.7. The molecule has 0 atom stereocenters. The average molecular weight is 253 g/mol. The number of para-hydroxylation sites is 1. The third-order valence-electron chi connectivity index (χ3n) is 3.38. The van der Waals surface area contributed by atoms with Gasteiger partial charge in [0.25, 0.3) is 0 Å². The third kappa shape index (κ3) is 2.84. The van der Waals surface area contributed by atoms with E-state index in [1.54, 1.807) is 6.92 Å². The molecule has 0 aliphatic heterocycles. The molecule has 0 fully saturated rings. The number of hydrogen-bond donors (Lipinski definition) is 0. The van der Waals surface area contributed by atoms with E-state index in [2.05, 4.69) is 36.1 Å². The van der Waals surface area contributed by atoms with Crippen LogP contribution in [0.4, 0.5) is 11.4 Å². The molecule has 2 rings (SSSR count). The predicted octanol–water partition coefficient (Wildman–Crippen LogP) is 4.22. The molecule has 2 heteroatoms. The standard InChI is InChI=1S/C17H19NO/c1-4-14-9-11-15(12-10-14)18(3)17-8-6-5-7-16(17)13(2)19/h5-12H,4H2,1-3H3. The zero-order valence-corrected chi connectivity index (χ0v) is 11.7. The first-order chi connectivity index (χ1) is 9.13. The van der Waals surface area contributed by atoms with Gasteiger partial charge < -0.3 is 4.90 Å². The molecule has 0 heterocycles. The molecule has 2 aromatic rings. The van der Waals surface area contributed by atoms with Crippen LogP contribution in [-0.4, -0.2) is 12.8 Å². The van der Waals surface area contributed by atoms with Gasteiger partial charge in [-0.2, -0.15) is 0 Å². The highest BCUT2D eigenvalue weighted by Gasteiger charge is 2.11. The van der Waals surface area contributed by atoms with Crippen molar-refractivity contribution in [2.75, 3.05) is 11.9 Å². The van der Waals surface area contributed by atoms with Gasteiger partial charge in [-0.3, -0.25) is 4.79 Å². The van der Waals surface area contributed by atoms with E-state index < -0.39 is 0 Å². The van der Waals surface area contributed by atoms with Crippen molar-refractivity contribution in [3.05, 3.63) is 59.7 Å². The van der Waals surface area contributed by atoms with Crippen molar-refractivity contribution in [2.24, 2.45) is 0 Å². The van der Waals surface area contributed by atoms with Crippen LogP contribution in [0, 0.1) is 0 Å². The lowest BCUT2D eigenvalue weighted by molar-refractivity contribution is 0.101. The van der Waals surface area contributed by atoms with Crippen molar-refractivity contribution >= 4 is 17.2 Å². The van der Waals surface area contributed by atoms with Crippen molar-refractivity contribution in [2.45, 2.75) is 20.3 Å². The fourth-order valence-corrected chi connectivity index (χ4v) is 2.16. The van der Waals surface area contributed by atoms with E-state index >= 15 is 0 Å². The SMILES string of the molecule is CCc1ccc(N(C)c2ccccc2C(C)=O)cc1. The van der Waals surface area contributed by atoms with Crippen LogP contribution in [-0.2, 0) is 6.42 Å². The van der Waals surface area contributed by atoms with Gasteiger partial charge in [-0.15, -0.1) is 0 Å². The molecule has 19 heavy (non-hydrogen) atoms. The molecule has 2 nitrogen and oxygen atoms in total. The van der Waals surface area contributed by atoms with Gasteiger partial charge in [0, 0.05) is 18.3 Å². The molecule has 0 amide bonds. The zero-order chi connectivity index (χ0) is 13.8. The molecule has 0 saturated heterocycles. The summed E-state index contributed by atoms with van der Waals surface area (Å²) in [5.41, 5.74) is 4.10. The molecule has 2 aromatic carbocycles. The highest BCUT2D eigenvalue weighted by atomic mass is 16.1. The van der Waals surface area contributed by atoms with Crippen molar-refractivity contribution in [1.82, 2.24) is 0 Å². The topological polar surface area (TPSA) is 20.3 Å². The average Bonchev–Trinajstić information content (AvgIpc) is 2.46. The Morgan fingerprint density at radius 1 is 1.05 bits per heavy atom. The van der Waals surface area contributed by atoms with Gasteiger partial charge in [0.2, 0.25) is 0 Å². The van der Waals surface area contributed by atoms with Crippen LogP contribution in [0.3, 0.4) is 0 Å². The van der Waals surface area contributed by atoms with Crippen LogP contribution >= 0.6 is 0 Å². The Labute approximate surface area is 114 Å². The molecule has 0 aliphatic rings. The van der Waals surface area contributed by atoms with Crippen molar-refractivity contribution < 1.29 is 4.79 Å². The van der Waals surface area contributed by atoms with Gasteiger partial charge in [0.05, 0.1) is 5.69 Å². The number of nitrogens with zero attached hydrogens (tertiary/aromatic N) is 1. The van der Waals surface area contributed by atoms with Crippen LogP contribution in [0.25, 0.3) is 0 Å². The molecule has 98 valence electrons. The molecule has 0 bridgehead atoms. The van der Waals surface area contributed by atoms with E-state index in [4.69, 9.17) is 0 Å². The maximum absolute atomic E-state index is 11.7. The number of ketones is 1. The predicted molar refractivity (Wildman–Crippen MR) is 80.3 cm³/mol. The molecule has 0 aliphatic carbocycles. The lowest BCUT2D eigenvalue weighted by Gasteiger charge is -2.22. The van der Waals surface area contributed by atoms with E-state index in [-0.39, 0.29) is 5.78 Å². The Hall–Kier alpha value is -2.09. The summed E-state index contributed by atoms with van der Waals surface area (Å²) in [6.45, 7) is 3.75. The van der Waals surface area contributed by atoms with Gasteiger partial charge in [-0.05, 0) is 43.2 Å². The summed E-state index contributed by atoms with van der Waals surface area (Å²) in [4.78, 5) is 13.7. The number of rotatable bonds is 4. The number of Topliss-reactive ketones (excluding diaryl/α,β-unsaturated/α-hetero) is 1. The summed E-state index contributed by atoms with van der Waals surface area (Å²) in [6, 6.07) is 16.1. The van der Waals surface area contributed by atoms with E-state index in [1.807, 2.05) is 31.3 Å². The summed E-state index contributed by atoms with van der Waals surface area (Å²) in [5, 5.41) is 0. The molecule has 0 spiro atoms. The quantitative estimate of drug-likeness (QED) is 0.760. The second kappa shape index (κ2) is 5.70. The number of aryl methyl sites for hydroxylation is 1. The van der Waals surface area contributed by atoms with Crippen LogP contribution in [0.1, 0.15) is 29.8 Å². The Kier molecular flexibility index (Phi) is 4.00. The van der Waals surface area contributed by atoms with Gasteiger partial charge in [-0.25, -0.2) is 0 Å². The Bertz CT molecular complexity index is 572. The monoisotopic (exact) mass is 253 g/mol. The van der Waals surface area contributed by atoms with Crippen LogP contribution < -0.4 is 4.90 Å². The maximum Gasteiger partial charge on any atom is 0.161 e. The van der Waals surface area contributed by atoms with Crippen molar-refractivity contribution in [1.29, 1.82) is 0 Å². The number of carbonyl (C=O) groups excluding carboxylic acids is 1. The summed E-state index contributed by atoms with van der Waals surface area (Å²) in [6.07, 6.45) is 1.04. The number of carbonyl (C=O) groups is 1. The lowest BCUT2D eigenvalue weighted by Crippen LogP contribution is -2.13. The summed E-state index contributed by atoms with van der Waals surface area (Å²) in [5.74, 6) is 0.0904. The number of anilines is 2. The molecule has 0 aromatic heterocycles. The highest BCUT2D eigenvalue weighted by molar-refractivity contribution is 6.00. The first kappa shape index (κ1) is 13.3. The fourth-order valence-electron chi connectivity index (χ4n) is 2.16. The number of hydrogen-bond acceptors (Lipinski definition) is 2. The smallest absolute Gasteiger partial charge is 0.161 e. The molecule has 0 unspecified atom stereocenters. The minimum absolute atomic E-state index is 0.0904. The van der Waals surface area contributed by atoms with Crippen LogP contribution in [0.2, 0.25) is 0 Å². The van der Waals surface area contributed by atoms with Gasteiger partial charge in [0.15, 0.2) is 5.78 Å². The highest BCUT2D eigenvalue weighted by Crippen LogP contribution is 2.27. The third-order valence-corrected chi connectivity index (χ3v) is 3.38. The first-order valence-corrected chi connectivity index (χ1v) is 6.56. The Balaban J connectivity index is 2.37. The normalized spacial score (nSPS) is 10.3. The van der Waals surface area contributed by atoms with Gasteiger partial charge >= 0.3 is 0 Å². The summed E-state index contributed by atoms with van der Waals surface area (Å²) >= 11 is 0. The fraction of sp³-hybridized carbons (Fsp3) is 0.235. The van der Waals surface area contributed by atoms with Crippen molar-refractivity contribution in [3.8, 4) is 0 Å². The largest absolute Gasteiger partial charge is 0.344 e. The Morgan fingerprint density at radius 2 is 1.68 bits per heavy atom. The van der Waals surface area contributed by atoms with Crippen LogP contribution in [0.15, 0.2) is 48.5 Å². The Morgan fingerprint density at radius 3 is 2.26 bits per heavy atom. The molecular formula is C17H19NO. The zero-order valence-electron chi connectivity index (χ0n) is 11.7. The first-order valence-electron chi connectivity index (χ1n) is 6.56. The minimum Gasteiger partial charge on any atom is -0.344 e. The van der Waals surface area contributed by atoms with Gasteiger partial charge in [-0.1, -0.05) is 31.2 Å². The molecule has 0 radical (unpaired) electrons. The van der Waals surface area contributed by atoms with E-state index in [9.17, 15) is 4.79 Å². The van der Waals surface area contributed by atoms with Crippen molar-refractivity contribution in [3.63, 3.8) is 0 Å². The minimum atomic E-state index is 0.0904. The van der Waals surface area contributed by atoms with Crippen LogP contribution in [0.5, 0.6) is 0 Å². The van der Waals surface area contributed by atoms with E-state index in [0.717, 1.165) is 23.4 Å². The molecule has 0 saturated carbocycles. The second-order valence-electron chi connectivity index (χ2n) is 4.65. The summed E-state index contributed by atoms with van der Waals surface area (Å²) < 4.78 is 0. The lowest BCUT2D eigenvalue weighted by atomic mass is 10.1. The van der Waals surface area contributed by atoms with E-state index in [0.29, 0.717) is 0 Å². The molecule has 0 N–H and O–H groups in total. The number of benzene rings is 2. The van der Waals surface area contributed by atoms with Gasteiger partial charge in [0.1, 0.15) is 0 Å². The molecular weight excluding hydrogens is 234 g/mol. The van der Waals surface area contributed by atoms with E-state index in [1.165, 1.54) is 5.56 Å². The summed E-state index contributed by atoms with van der Waals surface area (Å²) in [7, 11) is 1.99. The second-order valence-corrected chi connectivity index (χ2v) is 4.65.